The van der Waals surface area contributed by atoms with Crippen LogP contribution in [0.25, 0.3) is 0 Å². The van der Waals surface area contributed by atoms with Gasteiger partial charge in [-0.2, -0.15) is 0 Å². The Balaban J connectivity index is 2.41. The molecule has 0 saturated carbocycles. The van der Waals surface area contributed by atoms with Gasteiger partial charge in [0.05, 0.1) is 0 Å². The van der Waals surface area contributed by atoms with E-state index in [2.05, 4.69) is 5.32 Å². The van der Waals surface area contributed by atoms with E-state index in [9.17, 15) is 0 Å². The SMILES string of the molecule is N=C(N)NC1=COC=CO1. The molecular weight excluding hydrogens is 134 g/mol. The minimum absolute atomic E-state index is 0.190. The molecule has 5 nitrogen and oxygen atoms in total. The molecule has 54 valence electrons. The van der Waals surface area contributed by atoms with Crippen LogP contribution in [0.15, 0.2) is 24.7 Å². The molecule has 0 aromatic heterocycles. The van der Waals surface area contributed by atoms with Gasteiger partial charge in [0.2, 0.25) is 5.88 Å². The fourth-order valence-electron chi connectivity index (χ4n) is 0.454. The molecule has 1 aliphatic rings. The van der Waals surface area contributed by atoms with Crippen LogP contribution in [0.4, 0.5) is 0 Å². The van der Waals surface area contributed by atoms with E-state index in [1.54, 1.807) is 0 Å². The van der Waals surface area contributed by atoms with Crippen LogP contribution in [-0.4, -0.2) is 5.96 Å². The van der Waals surface area contributed by atoms with E-state index in [0.717, 1.165) is 0 Å². The van der Waals surface area contributed by atoms with E-state index in [-0.39, 0.29) is 5.96 Å². The highest BCUT2D eigenvalue weighted by Gasteiger charge is 1.99. The number of ether oxygens (including phenoxy) is 2. The Morgan fingerprint density at radius 1 is 1.60 bits per heavy atom. The second kappa shape index (κ2) is 2.77. The van der Waals surface area contributed by atoms with Crippen LogP contribution in [0, 0.1) is 5.41 Å². The molecule has 0 aromatic rings. The molecular formula is C5H7N3O2. The molecule has 1 aliphatic heterocycles. The molecule has 0 unspecified atom stereocenters. The second-order valence-electron chi connectivity index (χ2n) is 1.55. The van der Waals surface area contributed by atoms with Crippen LogP contribution in [0.5, 0.6) is 0 Å². The molecule has 0 saturated heterocycles. The van der Waals surface area contributed by atoms with E-state index < -0.39 is 0 Å². The third-order valence-corrected chi connectivity index (χ3v) is 0.762. The predicted octanol–water partition coefficient (Wildman–Crippen LogP) is -0.214. The normalized spacial score (nSPS) is 14.6. The Morgan fingerprint density at radius 2 is 2.40 bits per heavy atom. The molecule has 1 heterocycles. The van der Waals surface area contributed by atoms with E-state index in [1.807, 2.05) is 0 Å². The Morgan fingerprint density at radius 3 is 2.90 bits per heavy atom. The molecule has 5 heteroatoms. The van der Waals surface area contributed by atoms with Crippen molar-refractivity contribution in [1.29, 1.82) is 5.41 Å². The van der Waals surface area contributed by atoms with Gasteiger partial charge in [-0.25, -0.2) is 0 Å². The fourth-order valence-corrected chi connectivity index (χ4v) is 0.454. The van der Waals surface area contributed by atoms with Crippen molar-refractivity contribution in [1.82, 2.24) is 5.32 Å². The van der Waals surface area contributed by atoms with Crippen molar-refractivity contribution < 1.29 is 9.47 Å². The summed E-state index contributed by atoms with van der Waals surface area (Å²) >= 11 is 0. The summed E-state index contributed by atoms with van der Waals surface area (Å²) in [6.07, 6.45) is 4.01. The van der Waals surface area contributed by atoms with E-state index >= 15 is 0 Å². The third-order valence-electron chi connectivity index (χ3n) is 0.762. The average Bonchev–Trinajstić information content (AvgIpc) is 1.88. The summed E-state index contributed by atoms with van der Waals surface area (Å²) < 4.78 is 9.51. The monoisotopic (exact) mass is 141 g/mol. The van der Waals surface area contributed by atoms with Gasteiger partial charge in [0.25, 0.3) is 0 Å². The van der Waals surface area contributed by atoms with Crippen molar-refractivity contribution in [2.24, 2.45) is 5.73 Å². The summed E-state index contributed by atoms with van der Waals surface area (Å²) in [5.74, 6) is 0.111. The predicted molar refractivity (Wildman–Crippen MR) is 34.4 cm³/mol. The second-order valence-corrected chi connectivity index (χ2v) is 1.55. The van der Waals surface area contributed by atoms with Gasteiger partial charge in [-0.05, 0) is 0 Å². The number of hydrogen-bond acceptors (Lipinski definition) is 3. The summed E-state index contributed by atoms with van der Waals surface area (Å²) in [6, 6.07) is 0. The maximum Gasteiger partial charge on any atom is 0.235 e. The summed E-state index contributed by atoms with van der Waals surface area (Å²) in [6.45, 7) is 0. The standard InChI is InChI=1S/C5H7N3O2/c6-5(7)8-4-3-9-1-2-10-4/h1-3H,(H4,6,7,8). The summed E-state index contributed by atoms with van der Waals surface area (Å²) in [5.41, 5.74) is 4.99. The van der Waals surface area contributed by atoms with Crippen LogP contribution < -0.4 is 11.1 Å². The highest BCUT2D eigenvalue weighted by atomic mass is 16.5. The lowest BCUT2D eigenvalue weighted by Crippen LogP contribution is -2.30. The molecule has 4 N–H and O–H groups in total. The third kappa shape index (κ3) is 1.70. The van der Waals surface area contributed by atoms with E-state index in [4.69, 9.17) is 20.6 Å². The van der Waals surface area contributed by atoms with Crippen molar-refractivity contribution >= 4 is 5.96 Å². The number of rotatable bonds is 1. The molecule has 0 amide bonds. The smallest absolute Gasteiger partial charge is 0.235 e. The van der Waals surface area contributed by atoms with Crippen molar-refractivity contribution in [2.75, 3.05) is 0 Å². The van der Waals surface area contributed by atoms with Crippen molar-refractivity contribution in [3.8, 4) is 0 Å². The fraction of sp³-hybridized carbons (Fsp3) is 0. The lowest BCUT2D eigenvalue weighted by atomic mass is 10.7. The maximum atomic E-state index is 6.80. The van der Waals surface area contributed by atoms with Gasteiger partial charge in [-0.3, -0.25) is 10.7 Å². The zero-order valence-corrected chi connectivity index (χ0v) is 5.13. The van der Waals surface area contributed by atoms with Gasteiger partial charge in [-0.15, -0.1) is 0 Å². The van der Waals surface area contributed by atoms with Crippen LogP contribution in [0.1, 0.15) is 0 Å². The van der Waals surface area contributed by atoms with Crippen molar-refractivity contribution in [3.05, 3.63) is 24.7 Å². The molecule has 0 fully saturated rings. The molecule has 0 radical (unpaired) electrons. The average molecular weight is 141 g/mol. The maximum absolute atomic E-state index is 6.80. The minimum atomic E-state index is -0.190. The lowest BCUT2D eigenvalue weighted by molar-refractivity contribution is 0.245. The van der Waals surface area contributed by atoms with Crippen LogP contribution >= 0.6 is 0 Å². The molecule has 1 rings (SSSR count). The summed E-state index contributed by atoms with van der Waals surface area (Å²) in [4.78, 5) is 0. The van der Waals surface area contributed by atoms with Crippen molar-refractivity contribution in [3.63, 3.8) is 0 Å². The van der Waals surface area contributed by atoms with E-state index in [1.165, 1.54) is 18.8 Å². The van der Waals surface area contributed by atoms with E-state index in [0.29, 0.717) is 5.88 Å². The largest absolute Gasteiger partial charge is 0.464 e. The number of nitrogens with two attached hydrogens (primary N) is 1. The number of guanidine groups is 1. The first-order valence-corrected chi connectivity index (χ1v) is 2.57. The highest BCUT2D eigenvalue weighted by molar-refractivity contribution is 5.75. The molecule has 0 aliphatic carbocycles. The molecule has 0 bridgehead atoms. The van der Waals surface area contributed by atoms with Gasteiger partial charge in [0, 0.05) is 0 Å². The van der Waals surface area contributed by atoms with Gasteiger partial charge >= 0.3 is 0 Å². The Bertz CT molecular complexity index is 197. The van der Waals surface area contributed by atoms with Crippen LogP contribution in [-0.2, 0) is 9.47 Å². The van der Waals surface area contributed by atoms with Gasteiger partial charge in [0.1, 0.15) is 12.5 Å². The Hall–Kier alpha value is -1.65. The highest BCUT2D eigenvalue weighted by Crippen LogP contribution is 1.99. The summed E-state index contributed by atoms with van der Waals surface area (Å²) in [7, 11) is 0. The molecule has 10 heavy (non-hydrogen) atoms. The first-order chi connectivity index (χ1) is 4.79. The minimum Gasteiger partial charge on any atom is -0.464 e. The number of nitrogens with one attached hydrogen (secondary N) is 2. The quantitative estimate of drug-likeness (QED) is 0.348. The Labute approximate surface area is 57.6 Å². The lowest BCUT2D eigenvalue weighted by Gasteiger charge is -2.09. The van der Waals surface area contributed by atoms with Gasteiger partial charge < -0.3 is 15.2 Å². The zero-order valence-electron chi connectivity index (χ0n) is 5.13. The van der Waals surface area contributed by atoms with Crippen LogP contribution in [0.2, 0.25) is 0 Å². The topological polar surface area (TPSA) is 80.4 Å². The number of hydrogen-bond donors (Lipinski definition) is 3. The van der Waals surface area contributed by atoms with Gasteiger partial charge in [0.15, 0.2) is 12.2 Å². The molecule has 0 aromatic carbocycles. The Kier molecular flexibility index (Phi) is 1.79. The van der Waals surface area contributed by atoms with Gasteiger partial charge in [-0.1, -0.05) is 0 Å². The first-order valence-electron chi connectivity index (χ1n) is 2.57. The molecule has 0 spiro atoms. The zero-order chi connectivity index (χ0) is 7.40. The van der Waals surface area contributed by atoms with Crippen LogP contribution in [0.3, 0.4) is 0 Å². The molecule has 0 atom stereocenters. The first kappa shape index (κ1) is 6.47. The summed E-state index contributed by atoms with van der Waals surface area (Å²) in [5, 5.41) is 9.20. The van der Waals surface area contributed by atoms with Crippen molar-refractivity contribution in [2.45, 2.75) is 0 Å².